The van der Waals surface area contributed by atoms with Gasteiger partial charge in [0, 0.05) is 18.2 Å². The minimum Gasteiger partial charge on any atom is -0.462 e. The highest BCUT2D eigenvalue weighted by Gasteiger charge is 2.28. The molecule has 0 aliphatic carbocycles. The van der Waals surface area contributed by atoms with E-state index in [1.165, 1.54) is 73.4 Å². The van der Waals surface area contributed by atoms with E-state index in [4.69, 9.17) is 28.4 Å². The van der Waals surface area contributed by atoms with Crippen LogP contribution in [0.5, 0.6) is 0 Å². The van der Waals surface area contributed by atoms with Crippen molar-refractivity contribution in [2.45, 2.75) is 167 Å². The number of carbonyl (C=O) groups is 6. The Morgan fingerprint density at radius 2 is 0.684 bits per heavy atom. The average molecular weight is 1050 g/mol. The normalized spacial score (nSPS) is 11.6. The zero-order chi connectivity index (χ0) is 57.0. The van der Waals surface area contributed by atoms with E-state index in [-0.39, 0.29) is 57.5 Å². The molecule has 0 amide bonds. The summed E-state index contributed by atoms with van der Waals surface area (Å²) in [6.07, 6.45) is 21.0. The zero-order valence-electron chi connectivity index (χ0n) is 48.4. The van der Waals surface area contributed by atoms with E-state index in [0.29, 0.717) is 25.2 Å². The number of hydrogen-bond donors (Lipinski definition) is 0. The molecule has 0 aromatic heterocycles. The van der Waals surface area contributed by atoms with Crippen molar-refractivity contribution in [3.8, 4) is 0 Å². The van der Waals surface area contributed by atoms with Crippen LogP contribution >= 0.6 is 0 Å². The van der Waals surface area contributed by atoms with E-state index >= 15 is 0 Å². The summed E-state index contributed by atoms with van der Waals surface area (Å²) in [5.74, 6) is -1.68. The third-order valence-electron chi connectivity index (χ3n) is 12.9. The summed E-state index contributed by atoms with van der Waals surface area (Å²) in [5.41, 5.74) is 5.21. The SMILES string of the molecule is CCC(C)(C)C(=O)OCCOC(=O)/C=C/c1ccc(C(C)C)cc1.CCCCCCc1ccc(/C=C/C(=O)OCCOC(=O)C(C)(C)CC)cc1.CCCCc1ccc(/C=C/C(=O)OCCOC(=O)C(C)(C)CC)cc1. The van der Waals surface area contributed by atoms with Gasteiger partial charge in [-0.1, -0.05) is 147 Å². The van der Waals surface area contributed by atoms with Gasteiger partial charge in [0.2, 0.25) is 0 Å². The van der Waals surface area contributed by atoms with Crippen molar-refractivity contribution >= 4 is 54.0 Å². The number of rotatable bonds is 30. The van der Waals surface area contributed by atoms with Crippen molar-refractivity contribution in [2.75, 3.05) is 39.6 Å². The Kier molecular flexibility index (Phi) is 33.4. The van der Waals surface area contributed by atoms with Crippen molar-refractivity contribution in [3.63, 3.8) is 0 Å². The monoisotopic (exact) mass is 1050 g/mol. The van der Waals surface area contributed by atoms with Crippen LogP contribution < -0.4 is 0 Å². The number of aryl methyl sites for hydroxylation is 2. The summed E-state index contributed by atoms with van der Waals surface area (Å²) >= 11 is 0. The number of esters is 6. The van der Waals surface area contributed by atoms with E-state index < -0.39 is 34.2 Å². The molecular formula is C64H92O12. The van der Waals surface area contributed by atoms with Crippen LogP contribution in [0.2, 0.25) is 0 Å². The van der Waals surface area contributed by atoms with Gasteiger partial charge >= 0.3 is 35.8 Å². The Hall–Kier alpha value is -6.30. The number of hydrogen-bond acceptors (Lipinski definition) is 12. The lowest BCUT2D eigenvalue weighted by Gasteiger charge is -2.20. The second-order valence-electron chi connectivity index (χ2n) is 20.8. The largest absolute Gasteiger partial charge is 0.462 e. The number of benzene rings is 3. The minimum atomic E-state index is -0.508. The van der Waals surface area contributed by atoms with Crippen LogP contribution in [0.3, 0.4) is 0 Å². The van der Waals surface area contributed by atoms with Gasteiger partial charge in [-0.05, 0) is 144 Å². The Bertz CT molecular complexity index is 2250. The predicted octanol–water partition coefficient (Wildman–Crippen LogP) is 14.3. The van der Waals surface area contributed by atoms with Crippen LogP contribution in [0, 0.1) is 16.2 Å². The van der Waals surface area contributed by atoms with Crippen molar-refractivity contribution in [1.29, 1.82) is 0 Å². The fourth-order valence-corrected chi connectivity index (χ4v) is 6.21. The molecule has 0 bridgehead atoms. The van der Waals surface area contributed by atoms with Crippen molar-refractivity contribution < 1.29 is 57.2 Å². The number of carbonyl (C=O) groups excluding carboxylic acids is 6. The fourth-order valence-electron chi connectivity index (χ4n) is 6.21. The Morgan fingerprint density at radius 3 is 0.974 bits per heavy atom. The number of ether oxygens (including phenoxy) is 6. The van der Waals surface area contributed by atoms with Gasteiger partial charge in [0.1, 0.15) is 39.6 Å². The van der Waals surface area contributed by atoms with E-state index in [1.807, 2.05) is 111 Å². The minimum absolute atomic E-state index is 0.0565. The standard InChI is InChI=1S/C23H34O4.C21H30O4.C20H28O4/c1-5-7-8-9-10-19-11-13-20(14-12-19)15-16-21(24)26-17-18-27-22(25)23(3,4)6-2;1-5-7-8-17-9-11-18(12-10-17)13-14-19(22)24-15-16-25-20(23)21(3,4)6-2;1-6-20(4,5)19(22)24-14-13-23-18(21)12-9-16-7-10-17(11-8-16)15(2)3/h11-16H,5-10,17-18H2,1-4H3;9-14H,5-8,15-16H2,1-4H3;7-12,15H,6,13-14H2,1-5H3/b16-15+;14-13+;12-9+. The third-order valence-corrected chi connectivity index (χ3v) is 12.9. The molecular weight excluding hydrogens is 961 g/mol. The molecule has 0 saturated carbocycles. The molecule has 0 aliphatic rings. The van der Waals surface area contributed by atoms with Crippen LogP contribution in [0.4, 0.5) is 0 Å². The van der Waals surface area contributed by atoms with E-state index in [0.717, 1.165) is 29.5 Å². The Balaban J connectivity index is 0.000000571. The van der Waals surface area contributed by atoms with Gasteiger partial charge in [-0.15, -0.1) is 0 Å². The Morgan fingerprint density at radius 1 is 0.395 bits per heavy atom. The highest BCUT2D eigenvalue weighted by Crippen LogP contribution is 2.23. The maximum atomic E-state index is 11.8. The van der Waals surface area contributed by atoms with Crippen LogP contribution in [-0.4, -0.2) is 75.5 Å². The first-order valence-corrected chi connectivity index (χ1v) is 27.4. The van der Waals surface area contributed by atoms with Gasteiger partial charge in [0.15, 0.2) is 0 Å². The second kappa shape index (κ2) is 37.4. The summed E-state index contributed by atoms with van der Waals surface area (Å²) in [4.78, 5) is 70.4. The molecule has 0 spiro atoms. The highest BCUT2D eigenvalue weighted by atomic mass is 16.6. The molecule has 0 aliphatic heterocycles. The average Bonchev–Trinajstić information content (AvgIpc) is 3.41. The lowest BCUT2D eigenvalue weighted by Crippen LogP contribution is -2.27. The van der Waals surface area contributed by atoms with Crippen LogP contribution in [0.1, 0.15) is 187 Å². The lowest BCUT2D eigenvalue weighted by atomic mass is 9.91. The predicted molar refractivity (Wildman–Crippen MR) is 305 cm³/mol. The third kappa shape index (κ3) is 29.7. The summed E-state index contributed by atoms with van der Waals surface area (Å²) in [6, 6.07) is 24.4. The van der Waals surface area contributed by atoms with E-state index in [9.17, 15) is 28.8 Å². The molecule has 0 heterocycles. The maximum Gasteiger partial charge on any atom is 0.330 e. The molecule has 3 aromatic carbocycles. The second-order valence-corrected chi connectivity index (χ2v) is 20.8. The summed E-state index contributed by atoms with van der Waals surface area (Å²) < 4.78 is 30.5. The van der Waals surface area contributed by atoms with Gasteiger partial charge in [0.25, 0.3) is 0 Å². The molecule has 420 valence electrons. The maximum absolute atomic E-state index is 11.8. The smallest absolute Gasteiger partial charge is 0.330 e. The van der Waals surface area contributed by atoms with E-state index in [2.05, 4.69) is 52.0 Å². The molecule has 0 unspecified atom stereocenters. The first-order chi connectivity index (χ1) is 36.0. The fraction of sp³-hybridized carbons (Fsp3) is 0.531. The number of unbranched alkanes of at least 4 members (excludes halogenated alkanes) is 4. The molecule has 3 aromatic rings. The molecule has 0 saturated heterocycles. The topological polar surface area (TPSA) is 158 Å². The van der Waals surface area contributed by atoms with Gasteiger partial charge in [-0.3, -0.25) is 14.4 Å². The van der Waals surface area contributed by atoms with Crippen LogP contribution in [0.25, 0.3) is 18.2 Å². The van der Waals surface area contributed by atoms with Gasteiger partial charge < -0.3 is 28.4 Å². The first kappa shape index (κ1) is 67.7. The van der Waals surface area contributed by atoms with E-state index in [1.54, 1.807) is 18.2 Å². The molecule has 3 rings (SSSR count). The first-order valence-electron chi connectivity index (χ1n) is 27.4. The van der Waals surface area contributed by atoms with Crippen LogP contribution in [0.15, 0.2) is 91.0 Å². The molecule has 0 N–H and O–H groups in total. The van der Waals surface area contributed by atoms with Gasteiger partial charge in [0.05, 0.1) is 16.2 Å². The summed E-state index contributed by atoms with van der Waals surface area (Å²) in [5, 5.41) is 0. The van der Waals surface area contributed by atoms with Crippen LogP contribution in [-0.2, 0) is 70.0 Å². The van der Waals surface area contributed by atoms with Gasteiger partial charge in [-0.25, -0.2) is 14.4 Å². The van der Waals surface area contributed by atoms with Gasteiger partial charge in [-0.2, -0.15) is 0 Å². The molecule has 12 heteroatoms. The molecule has 0 radical (unpaired) electrons. The molecule has 0 atom stereocenters. The zero-order valence-corrected chi connectivity index (χ0v) is 48.4. The van der Waals surface area contributed by atoms with Crippen molar-refractivity contribution in [1.82, 2.24) is 0 Å². The quantitative estimate of drug-likeness (QED) is 0.0270. The van der Waals surface area contributed by atoms with Crippen molar-refractivity contribution in [2.24, 2.45) is 16.2 Å². The summed E-state index contributed by atoms with van der Waals surface area (Å²) in [7, 11) is 0. The Labute approximate surface area is 456 Å². The van der Waals surface area contributed by atoms with Crippen molar-refractivity contribution in [3.05, 3.63) is 124 Å². The molecule has 0 fully saturated rings. The highest BCUT2D eigenvalue weighted by molar-refractivity contribution is 5.88. The summed E-state index contributed by atoms with van der Waals surface area (Å²) in [6.45, 7) is 25.9. The molecule has 12 nitrogen and oxygen atoms in total. The molecule has 76 heavy (non-hydrogen) atoms. The lowest BCUT2D eigenvalue weighted by molar-refractivity contribution is -0.158.